The molecule has 1 aliphatic rings. The number of carbonyl (C=O) groups is 3. The highest BCUT2D eigenvalue weighted by Crippen LogP contribution is 2.40. The molecule has 0 saturated carbocycles. The second kappa shape index (κ2) is 9.68. The van der Waals surface area contributed by atoms with Crippen LogP contribution in [0.25, 0.3) is 0 Å². The molecule has 0 aromatic heterocycles. The third-order valence-electron chi connectivity index (χ3n) is 4.44. The van der Waals surface area contributed by atoms with Crippen molar-refractivity contribution in [3.8, 4) is 0 Å². The number of methoxy groups -OCH3 is 2. The number of benzene rings is 1. The van der Waals surface area contributed by atoms with Crippen LogP contribution in [-0.4, -0.2) is 43.7 Å². The lowest BCUT2D eigenvalue weighted by Crippen LogP contribution is -2.32. The first-order valence-corrected chi connectivity index (χ1v) is 9.05. The standard InChI is InChI=1S/C20H23N3O7/c1-6-30-20(26)22-23(27)14-9-7-8-13(10-14)17-15(18(24)28-4)11(2)21-12(3)16(17)19(25)29-5/h7-10,17,21H,6H2,1-5H3/b23-22-. The van der Waals surface area contributed by atoms with E-state index in [9.17, 15) is 19.6 Å². The Morgan fingerprint density at radius 1 is 1.10 bits per heavy atom. The van der Waals surface area contributed by atoms with Crippen LogP contribution in [0.2, 0.25) is 0 Å². The highest BCUT2D eigenvalue weighted by atomic mass is 16.6. The third kappa shape index (κ3) is 4.65. The van der Waals surface area contributed by atoms with Gasteiger partial charge in [-0.15, -0.1) is 0 Å². The normalized spacial score (nSPS) is 14.9. The summed E-state index contributed by atoms with van der Waals surface area (Å²) in [6.45, 7) is 5.02. The number of rotatable bonds is 5. The average molecular weight is 417 g/mol. The number of ether oxygens (including phenoxy) is 3. The Labute approximate surface area is 173 Å². The predicted octanol–water partition coefficient (Wildman–Crippen LogP) is 3.02. The summed E-state index contributed by atoms with van der Waals surface area (Å²) in [7, 11) is 2.47. The van der Waals surface area contributed by atoms with Crippen molar-refractivity contribution < 1.29 is 33.5 Å². The molecule has 1 amide bonds. The summed E-state index contributed by atoms with van der Waals surface area (Å²) in [5.41, 5.74) is 1.84. The molecule has 0 unspecified atom stereocenters. The summed E-state index contributed by atoms with van der Waals surface area (Å²) < 4.78 is 14.4. The number of nitrogens with one attached hydrogen (secondary N) is 1. The number of amides is 1. The van der Waals surface area contributed by atoms with Gasteiger partial charge in [0.05, 0.1) is 43.0 Å². The van der Waals surface area contributed by atoms with Crippen molar-refractivity contribution in [3.05, 3.63) is 57.6 Å². The van der Waals surface area contributed by atoms with E-state index in [1.807, 2.05) is 0 Å². The molecule has 0 bridgehead atoms. The van der Waals surface area contributed by atoms with Gasteiger partial charge in [-0.3, -0.25) is 0 Å². The van der Waals surface area contributed by atoms with Crippen LogP contribution in [-0.2, 0) is 23.8 Å². The van der Waals surface area contributed by atoms with Crippen molar-refractivity contribution in [2.45, 2.75) is 26.7 Å². The average Bonchev–Trinajstić information content (AvgIpc) is 2.72. The summed E-state index contributed by atoms with van der Waals surface area (Å²) in [6.07, 6.45) is -1.03. The number of dihydropyridines is 1. The molecule has 0 spiro atoms. The molecule has 10 nitrogen and oxygen atoms in total. The molecule has 1 heterocycles. The lowest BCUT2D eigenvalue weighted by atomic mass is 9.80. The van der Waals surface area contributed by atoms with Gasteiger partial charge < -0.3 is 24.7 Å². The summed E-state index contributed by atoms with van der Waals surface area (Å²) in [5, 5.41) is 18.5. The van der Waals surface area contributed by atoms with Gasteiger partial charge in [-0.2, -0.15) is 0 Å². The minimum atomic E-state index is -1.03. The van der Waals surface area contributed by atoms with Crippen molar-refractivity contribution in [2.75, 3.05) is 20.8 Å². The molecule has 160 valence electrons. The maximum absolute atomic E-state index is 12.5. The molecule has 1 N–H and O–H groups in total. The first-order chi connectivity index (χ1) is 14.2. The summed E-state index contributed by atoms with van der Waals surface area (Å²) in [4.78, 5) is 36.6. The van der Waals surface area contributed by atoms with Crippen LogP contribution < -0.4 is 5.32 Å². The Bertz CT molecular complexity index is 925. The Morgan fingerprint density at radius 2 is 1.67 bits per heavy atom. The number of hydrogen-bond donors (Lipinski definition) is 1. The van der Waals surface area contributed by atoms with Crippen molar-refractivity contribution >= 4 is 23.7 Å². The molecule has 0 fully saturated rings. The highest BCUT2D eigenvalue weighted by Gasteiger charge is 2.38. The van der Waals surface area contributed by atoms with Gasteiger partial charge in [0.25, 0.3) is 0 Å². The number of carbonyl (C=O) groups excluding carboxylic acids is 3. The molecule has 10 heteroatoms. The summed E-state index contributed by atoms with van der Waals surface area (Å²) in [6, 6.07) is 6.05. The van der Waals surface area contributed by atoms with Crippen molar-refractivity contribution in [1.82, 2.24) is 5.32 Å². The van der Waals surface area contributed by atoms with E-state index in [4.69, 9.17) is 9.47 Å². The lowest BCUT2D eigenvalue weighted by molar-refractivity contribution is -0.436. The number of azo groups is 1. The minimum Gasteiger partial charge on any atom is -0.594 e. The zero-order valence-corrected chi connectivity index (χ0v) is 17.3. The van der Waals surface area contributed by atoms with E-state index in [0.29, 0.717) is 17.0 Å². The van der Waals surface area contributed by atoms with E-state index in [-0.39, 0.29) is 28.3 Å². The second-order valence-electron chi connectivity index (χ2n) is 6.29. The molecule has 2 rings (SSSR count). The van der Waals surface area contributed by atoms with Crippen molar-refractivity contribution in [1.29, 1.82) is 0 Å². The van der Waals surface area contributed by atoms with Gasteiger partial charge in [0.2, 0.25) is 5.69 Å². The Balaban J connectivity index is 2.64. The van der Waals surface area contributed by atoms with Gasteiger partial charge >= 0.3 is 18.0 Å². The first kappa shape index (κ1) is 22.6. The fourth-order valence-electron chi connectivity index (χ4n) is 3.20. The largest absolute Gasteiger partial charge is 0.594 e. The van der Waals surface area contributed by atoms with Crippen LogP contribution in [0.15, 0.2) is 51.9 Å². The second-order valence-corrected chi connectivity index (χ2v) is 6.29. The highest BCUT2D eigenvalue weighted by molar-refractivity contribution is 5.99. The number of allylic oxidation sites excluding steroid dienone is 2. The van der Waals surface area contributed by atoms with E-state index < -0.39 is 23.9 Å². The molecular formula is C20H23N3O7. The Kier molecular flexibility index (Phi) is 7.29. The van der Waals surface area contributed by atoms with Gasteiger partial charge in [0, 0.05) is 23.5 Å². The monoisotopic (exact) mass is 417 g/mol. The van der Waals surface area contributed by atoms with E-state index in [1.54, 1.807) is 32.9 Å². The quantitative estimate of drug-likeness (QED) is 0.254. The topological polar surface area (TPSA) is 129 Å². The van der Waals surface area contributed by atoms with Crippen LogP contribution in [0.3, 0.4) is 0 Å². The molecular weight excluding hydrogens is 394 g/mol. The van der Waals surface area contributed by atoms with Crippen molar-refractivity contribution in [3.63, 3.8) is 0 Å². The third-order valence-corrected chi connectivity index (χ3v) is 4.44. The molecule has 0 saturated heterocycles. The van der Waals surface area contributed by atoms with Crippen LogP contribution in [0.1, 0.15) is 32.3 Å². The predicted molar refractivity (Wildman–Crippen MR) is 104 cm³/mol. The van der Waals surface area contributed by atoms with E-state index in [2.05, 4.69) is 15.2 Å². The van der Waals surface area contributed by atoms with Crippen LogP contribution in [0.5, 0.6) is 0 Å². The van der Waals surface area contributed by atoms with Gasteiger partial charge in [0.1, 0.15) is 0 Å². The van der Waals surface area contributed by atoms with Crippen LogP contribution >= 0.6 is 0 Å². The number of hydrogen-bond acceptors (Lipinski definition) is 8. The minimum absolute atomic E-state index is 0.0165. The number of nitrogens with zero attached hydrogens (tertiary/aromatic N) is 2. The smallest absolute Gasteiger partial charge is 0.492 e. The summed E-state index contributed by atoms with van der Waals surface area (Å²) in [5.74, 6) is -2.14. The van der Waals surface area contributed by atoms with Crippen molar-refractivity contribution in [2.24, 2.45) is 5.11 Å². The molecule has 1 aliphatic heterocycles. The maximum Gasteiger partial charge on any atom is 0.492 e. The van der Waals surface area contributed by atoms with E-state index >= 15 is 0 Å². The van der Waals surface area contributed by atoms with Gasteiger partial charge in [-0.05, 0) is 31.2 Å². The zero-order chi connectivity index (χ0) is 22.4. The van der Waals surface area contributed by atoms with Gasteiger partial charge in [0.15, 0.2) is 0 Å². The molecule has 1 aromatic carbocycles. The first-order valence-electron chi connectivity index (χ1n) is 9.05. The van der Waals surface area contributed by atoms with Gasteiger partial charge in [-0.1, -0.05) is 12.1 Å². The SMILES string of the molecule is CCOC(=O)/N=[N+](\[O-])c1cccc(C2C(C(=O)OC)=C(C)NC(C)=C2C(=O)OC)c1. The molecule has 1 aromatic rings. The lowest BCUT2D eigenvalue weighted by Gasteiger charge is -2.30. The summed E-state index contributed by atoms with van der Waals surface area (Å²) >= 11 is 0. The molecule has 0 aliphatic carbocycles. The van der Waals surface area contributed by atoms with Crippen LogP contribution in [0, 0.1) is 5.21 Å². The Morgan fingerprint density at radius 3 is 2.17 bits per heavy atom. The fourth-order valence-corrected chi connectivity index (χ4v) is 3.20. The van der Waals surface area contributed by atoms with E-state index in [0.717, 1.165) is 0 Å². The molecule has 0 atom stereocenters. The van der Waals surface area contributed by atoms with Gasteiger partial charge in [-0.25, -0.2) is 14.4 Å². The molecule has 30 heavy (non-hydrogen) atoms. The number of esters is 2. The maximum atomic E-state index is 12.5. The zero-order valence-electron chi connectivity index (χ0n) is 17.3. The van der Waals surface area contributed by atoms with E-state index in [1.165, 1.54) is 26.4 Å². The van der Waals surface area contributed by atoms with Crippen LogP contribution in [0.4, 0.5) is 10.5 Å². The Hall–Kier alpha value is -3.69. The fraction of sp³-hybridized carbons (Fsp3) is 0.350. The molecule has 0 radical (unpaired) electrons.